The summed E-state index contributed by atoms with van der Waals surface area (Å²) in [6.07, 6.45) is 6.70. The fraction of sp³-hybridized carbons (Fsp3) is 0.571. The van der Waals surface area contributed by atoms with Gasteiger partial charge in [0, 0.05) is 10.5 Å². The molecule has 0 spiro atoms. The summed E-state index contributed by atoms with van der Waals surface area (Å²) in [5, 5.41) is 0. The van der Waals surface area contributed by atoms with Gasteiger partial charge >= 0.3 is 0 Å². The van der Waals surface area contributed by atoms with Crippen LogP contribution in [0.15, 0.2) is 22.7 Å². The normalized spacial score (nSPS) is 18.9. The van der Waals surface area contributed by atoms with Gasteiger partial charge in [0.1, 0.15) is 0 Å². The molecular weight excluding hydrogens is 262 g/mol. The Morgan fingerprint density at radius 1 is 1.31 bits per heavy atom. The molecule has 1 aliphatic rings. The molecule has 1 atom stereocenters. The van der Waals surface area contributed by atoms with E-state index in [9.17, 15) is 0 Å². The number of hydrogen-bond acceptors (Lipinski definition) is 1. The van der Waals surface area contributed by atoms with Crippen LogP contribution in [0.5, 0.6) is 0 Å². The first kappa shape index (κ1) is 12.1. The number of nitrogens with two attached hydrogens (primary N) is 1. The van der Waals surface area contributed by atoms with Crippen molar-refractivity contribution in [1.29, 1.82) is 0 Å². The second-order valence-electron chi connectivity index (χ2n) is 5.05. The summed E-state index contributed by atoms with van der Waals surface area (Å²) in [6, 6.07) is 6.71. The van der Waals surface area contributed by atoms with E-state index < -0.39 is 0 Å². The minimum Gasteiger partial charge on any atom is -0.324 e. The van der Waals surface area contributed by atoms with E-state index in [1.165, 1.54) is 36.8 Å². The van der Waals surface area contributed by atoms with Crippen LogP contribution in [0, 0.1) is 12.8 Å². The van der Waals surface area contributed by atoms with Gasteiger partial charge in [0.15, 0.2) is 0 Å². The topological polar surface area (TPSA) is 26.0 Å². The molecule has 2 N–H and O–H groups in total. The highest BCUT2D eigenvalue weighted by Gasteiger charge is 2.19. The molecule has 0 amide bonds. The summed E-state index contributed by atoms with van der Waals surface area (Å²) in [5.74, 6) is 0.856. The zero-order valence-corrected chi connectivity index (χ0v) is 11.5. The first-order chi connectivity index (χ1) is 7.65. The van der Waals surface area contributed by atoms with Gasteiger partial charge in [0.2, 0.25) is 0 Å². The summed E-state index contributed by atoms with van der Waals surface area (Å²) in [5.41, 5.74) is 8.85. The predicted octanol–water partition coefficient (Wildman–Crippen LogP) is 4.34. The number of halogens is 1. The van der Waals surface area contributed by atoms with Crippen LogP contribution in [0.1, 0.15) is 49.3 Å². The highest BCUT2D eigenvalue weighted by Crippen LogP contribution is 2.32. The molecule has 0 aromatic heterocycles. The lowest BCUT2D eigenvalue weighted by Gasteiger charge is -2.17. The number of hydrogen-bond donors (Lipinski definition) is 1. The monoisotopic (exact) mass is 281 g/mol. The third-order valence-electron chi connectivity index (χ3n) is 3.55. The van der Waals surface area contributed by atoms with E-state index in [0.29, 0.717) is 0 Å². The standard InChI is InChI=1S/C14H20BrN/c1-10-6-12(9-13(15)7-10)14(16)8-11-4-2-3-5-11/h6-7,9,11,14H,2-5,8,16H2,1H3. The number of benzene rings is 1. The van der Waals surface area contributed by atoms with Gasteiger partial charge in [-0.05, 0) is 42.5 Å². The summed E-state index contributed by atoms with van der Waals surface area (Å²) in [6.45, 7) is 2.12. The van der Waals surface area contributed by atoms with Gasteiger partial charge in [-0.1, -0.05) is 47.7 Å². The molecule has 1 saturated carbocycles. The maximum Gasteiger partial charge on any atom is 0.0297 e. The Bertz CT molecular complexity index is 336. The molecule has 16 heavy (non-hydrogen) atoms. The van der Waals surface area contributed by atoms with E-state index in [4.69, 9.17) is 5.73 Å². The first-order valence-corrected chi connectivity index (χ1v) is 6.97. The summed E-state index contributed by atoms with van der Waals surface area (Å²) in [7, 11) is 0. The highest BCUT2D eigenvalue weighted by atomic mass is 79.9. The number of rotatable bonds is 3. The molecule has 1 unspecified atom stereocenters. The van der Waals surface area contributed by atoms with Crippen LogP contribution in [-0.4, -0.2) is 0 Å². The molecule has 0 bridgehead atoms. The second kappa shape index (κ2) is 5.33. The molecule has 0 saturated heterocycles. The molecule has 1 nitrogen and oxygen atoms in total. The zero-order valence-electron chi connectivity index (χ0n) is 9.88. The van der Waals surface area contributed by atoms with Gasteiger partial charge in [0.05, 0.1) is 0 Å². The van der Waals surface area contributed by atoms with E-state index >= 15 is 0 Å². The Balaban J connectivity index is 2.04. The molecule has 2 rings (SSSR count). The van der Waals surface area contributed by atoms with Crippen molar-refractivity contribution in [1.82, 2.24) is 0 Å². The van der Waals surface area contributed by atoms with Gasteiger partial charge < -0.3 is 5.73 Å². The van der Waals surface area contributed by atoms with Gasteiger partial charge in [-0.25, -0.2) is 0 Å². The van der Waals surface area contributed by atoms with Crippen LogP contribution in [-0.2, 0) is 0 Å². The van der Waals surface area contributed by atoms with Crippen molar-refractivity contribution in [3.8, 4) is 0 Å². The average molecular weight is 282 g/mol. The minimum absolute atomic E-state index is 0.208. The highest BCUT2D eigenvalue weighted by molar-refractivity contribution is 9.10. The van der Waals surface area contributed by atoms with Gasteiger partial charge in [-0.2, -0.15) is 0 Å². The van der Waals surface area contributed by atoms with E-state index in [0.717, 1.165) is 16.8 Å². The fourth-order valence-corrected chi connectivity index (χ4v) is 3.35. The Labute approximate surface area is 107 Å². The SMILES string of the molecule is Cc1cc(Br)cc(C(N)CC2CCCC2)c1. The average Bonchev–Trinajstić information content (AvgIpc) is 2.68. The number of aryl methyl sites for hydroxylation is 1. The van der Waals surface area contributed by atoms with Crippen LogP contribution in [0.4, 0.5) is 0 Å². The van der Waals surface area contributed by atoms with Crippen molar-refractivity contribution in [3.63, 3.8) is 0 Å². The molecule has 1 fully saturated rings. The Hall–Kier alpha value is -0.340. The lowest BCUT2D eigenvalue weighted by Crippen LogP contribution is -2.14. The lowest BCUT2D eigenvalue weighted by molar-refractivity contribution is 0.450. The van der Waals surface area contributed by atoms with Crippen LogP contribution < -0.4 is 5.73 Å². The minimum atomic E-state index is 0.208. The maximum absolute atomic E-state index is 6.29. The zero-order chi connectivity index (χ0) is 11.5. The molecule has 1 aromatic rings. The third-order valence-corrected chi connectivity index (χ3v) is 4.01. The Kier molecular flexibility index (Phi) is 4.04. The van der Waals surface area contributed by atoms with Crippen LogP contribution in [0.3, 0.4) is 0 Å². The Morgan fingerprint density at radius 2 is 2.00 bits per heavy atom. The first-order valence-electron chi connectivity index (χ1n) is 6.18. The van der Waals surface area contributed by atoms with Crippen LogP contribution >= 0.6 is 15.9 Å². The van der Waals surface area contributed by atoms with Crippen LogP contribution in [0.2, 0.25) is 0 Å². The van der Waals surface area contributed by atoms with Crippen molar-refractivity contribution < 1.29 is 0 Å². The van der Waals surface area contributed by atoms with Crippen LogP contribution in [0.25, 0.3) is 0 Å². The summed E-state index contributed by atoms with van der Waals surface area (Å²) < 4.78 is 1.14. The maximum atomic E-state index is 6.29. The molecule has 2 heteroatoms. The molecular formula is C14H20BrN. The van der Waals surface area contributed by atoms with E-state index in [-0.39, 0.29) is 6.04 Å². The smallest absolute Gasteiger partial charge is 0.0297 e. The summed E-state index contributed by atoms with van der Waals surface area (Å²) in [4.78, 5) is 0. The molecule has 1 aromatic carbocycles. The van der Waals surface area contributed by atoms with Crippen molar-refractivity contribution in [2.45, 2.75) is 45.1 Å². The Morgan fingerprint density at radius 3 is 2.62 bits per heavy atom. The second-order valence-corrected chi connectivity index (χ2v) is 5.97. The van der Waals surface area contributed by atoms with E-state index in [1.54, 1.807) is 0 Å². The molecule has 1 aliphatic carbocycles. The largest absolute Gasteiger partial charge is 0.324 e. The van der Waals surface area contributed by atoms with Crippen molar-refractivity contribution in [2.75, 3.05) is 0 Å². The summed E-state index contributed by atoms with van der Waals surface area (Å²) >= 11 is 3.54. The van der Waals surface area contributed by atoms with Gasteiger partial charge in [-0.3, -0.25) is 0 Å². The third kappa shape index (κ3) is 3.08. The fourth-order valence-electron chi connectivity index (χ4n) is 2.72. The van der Waals surface area contributed by atoms with Crippen molar-refractivity contribution in [3.05, 3.63) is 33.8 Å². The van der Waals surface area contributed by atoms with E-state index in [1.807, 2.05) is 0 Å². The predicted molar refractivity (Wildman–Crippen MR) is 72.4 cm³/mol. The van der Waals surface area contributed by atoms with Crippen molar-refractivity contribution in [2.24, 2.45) is 11.7 Å². The molecule has 0 radical (unpaired) electrons. The lowest BCUT2D eigenvalue weighted by atomic mass is 9.93. The van der Waals surface area contributed by atoms with Gasteiger partial charge in [-0.15, -0.1) is 0 Å². The van der Waals surface area contributed by atoms with Crippen molar-refractivity contribution >= 4 is 15.9 Å². The quantitative estimate of drug-likeness (QED) is 0.877. The molecule has 0 aliphatic heterocycles. The molecule has 0 heterocycles. The van der Waals surface area contributed by atoms with Gasteiger partial charge in [0.25, 0.3) is 0 Å². The van der Waals surface area contributed by atoms with E-state index in [2.05, 4.69) is 41.1 Å². The molecule has 88 valence electrons.